The summed E-state index contributed by atoms with van der Waals surface area (Å²) in [4.78, 5) is 0. The fourth-order valence-corrected chi connectivity index (χ4v) is 2.65. The van der Waals surface area contributed by atoms with E-state index in [0.29, 0.717) is 11.6 Å². The first-order chi connectivity index (χ1) is 10.3. The van der Waals surface area contributed by atoms with Gasteiger partial charge in [-0.05, 0) is 29.7 Å². The monoisotopic (exact) mass is 297 g/mol. The molecule has 2 nitrogen and oxygen atoms in total. The lowest BCUT2D eigenvalue weighted by molar-refractivity contribution is 0.410. The van der Waals surface area contributed by atoms with Crippen LogP contribution in [0.25, 0.3) is 10.8 Å². The number of hydrogen-bond donors (Lipinski definition) is 1. The topological polar surface area (TPSA) is 21.3 Å². The molecule has 0 saturated heterocycles. The molecule has 1 N–H and O–H groups in total. The summed E-state index contributed by atoms with van der Waals surface area (Å²) in [6.45, 7) is 0.664. The number of fused-ring (bicyclic) bond motifs is 1. The van der Waals surface area contributed by atoms with Gasteiger partial charge in [0.15, 0.2) is 0 Å². The molecule has 3 aromatic rings. The summed E-state index contributed by atoms with van der Waals surface area (Å²) in [6.07, 6.45) is 0. The largest absolute Gasteiger partial charge is 0.496 e. The molecule has 0 fully saturated rings. The van der Waals surface area contributed by atoms with Crippen LogP contribution in [0.2, 0.25) is 5.02 Å². The summed E-state index contributed by atoms with van der Waals surface area (Å²) in [7, 11) is 1.67. The first kappa shape index (κ1) is 13.8. The van der Waals surface area contributed by atoms with Gasteiger partial charge in [-0.2, -0.15) is 0 Å². The minimum Gasteiger partial charge on any atom is -0.496 e. The number of anilines is 1. The lowest BCUT2D eigenvalue weighted by atomic mass is 10.1. The van der Waals surface area contributed by atoms with Crippen molar-refractivity contribution < 1.29 is 4.74 Å². The smallest absolute Gasteiger partial charge is 0.123 e. The molecule has 0 amide bonds. The molecule has 0 atom stereocenters. The summed E-state index contributed by atoms with van der Waals surface area (Å²) >= 11 is 6.07. The van der Waals surface area contributed by atoms with Crippen LogP contribution in [0, 0.1) is 0 Å². The van der Waals surface area contributed by atoms with Crippen LogP contribution in [0.3, 0.4) is 0 Å². The van der Waals surface area contributed by atoms with Crippen LogP contribution in [0.5, 0.6) is 5.75 Å². The summed E-state index contributed by atoms with van der Waals surface area (Å²) in [5.74, 6) is 0.840. The highest BCUT2D eigenvalue weighted by Gasteiger charge is 2.05. The summed E-state index contributed by atoms with van der Waals surface area (Å²) in [5.41, 5.74) is 2.15. The van der Waals surface area contributed by atoms with Gasteiger partial charge in [-0.25, -0.2) is 0 Å². The Morgan fingerprint density at radius 3 is 2.67 bits per heavy atom. The molecule has 106 valence electrons. The number of methoxy groups -OCH3 is 1. The van der Waals surface area contributed by atoms with Gasteiger partial charge < -0.3 is 10.1 Å². The molecule has 0 aliphatic carbocycles. The maximum atomic E-state index is 6.07. The third kappa shape index (κ3) is 2.96. The quantitative estimate of drug-likeness (QED) is 0.722. The number of ether oxygens (including phenoxy) is 1. The van der Waals surface area contributed by atoms with E-state index < -0.39 is 0 Å². The molecular formula is C18H16ClNO. The zero-order valence-electron chi connectivity index (χ0n) is 11.8. The van der Waals surface area contributed by atoms with Crippen molar-refractivity contribution in [3.05, 3.63) is 71.2 Å². The Labute approximate surface area is 129 Å². The van der Waals surface area contributed by atoms with E-state index in [0.717, 1.165) is 17.0 Å². The minimum atomic E-state index is 0.664. The van der Waals surface area contributed by atoms with Crippen molar-refractivity contribution in [3.63, 3.8) is 0 Å². The fraction of sp³-hybridized carbons (Fsp3) is 0.111. The molecule has 0 spiro atoms. The average Bonchev–Trinajstić information content (AvgIpc) is 2.53. The van der Waals surface area contributed by atoms with Crippen LogP contribution in [0.4, 0.5) is 5.69 Å². The Kier molecular flexibility index (Phi) is 3.98. The van der Waals surface area contributed by atoms with Crippen molar-refractivity contribution in [2.45, 2.75) is 6.54 Å². The predicted molar refractivity (Wildman–Crippen MR) is 89.3 cm³/mol. The van der Waals surface area contributed by atoms with Gasteiger partial charge in [-0.3, -0.25) is 0 Å². The first-order valence-electron chi connectivity index (χ1n) is 6.82. The Morgan fingerprint density at radius 1 is 1.00 bits per heavy atom. The maximum Gasteiger partial charge on any atom is 0.123 e. The van der Waals surface area contributed by atoms with Gasteiger partial charge >= 0.3 is 0 Å². The molecule has 0 aliphatic rings. The van der Waals surface area contributed by atoms with E-state index in [2.05, 4.69) is 35.6 Å². The van der Waals surface area contributed by atoms with Gasteiger partial charge in [0.2, 0.25) is 0 Å². The molecule has 3 aromatic carbocycles. The summed E-state index contributed by atoms with van der Waals surface area (Å²) in [5, 5.41) is 6.61. The number of hydrogen-bond acceptors (Lipinski definition) is 2. The van der Waals surface area contributed by atoms with Crippen LogP contribution in [-0.4, -0.2) is 7.11 Å². The lowest BCUT2D eigenvalue weighted by Gasteiger charge is -2.13. The van der Waals surface area contributed by atoms with Crippen LogP contribution in [-0.2, 0) is 6.54 Å². The summed E-state index contributed by atoms with van der Waals surface area (Å²) < 4.78 is 5.38. The molecule has 0 unspecified atom stereocenters. The molecule has 21 heavy (non-hydrogen) atoms. The molecule has 0 aromatic heterocycles. The van der Waals surface area contributed by atoms with E-state index in [4.69, 9.17) is 16.3 Å². The van der Waals surface area contributed by atoms with Gasteiger partial charge in [0.05, 0.1) is 7.11 Å². The second-order valence-electron chi connectivity index (χ2n) is 4.84. The Bertz CT molecular complexity index is 765. The molecule has 0 aliphatic heterocycles. The SMILES string of the molecule is COc1ccc(Cl)cc1CNc1cccc2ccccc12. The van der Waals surface area contributed by atoms with Crippen LogP contribution in [0.15, 0.2) is 60.7 Å². The van der Waals surface area contributed by atoms with E-state index in [-0.39, 0.29) is 0 Å². The number of rotatable bonds is 4. The van der Waals surface area contributed by atoms with Crippen molar-refractivity contribution in [2.75, 3.05) is 12.4 Å². The van der Waals surface area contributed by atoms with Crippen LogP contribution in [0.1, 0.15) is 5.56 Å². The number of nitrogens with one attached hydrogen (secondary N) is 1. The van der Waals surface area contributed by atoms with Crippen molar-refractivity contribution in [3.8, 4) is 5.75 Å². The van der Waals surface area contributed by atoms with Crippen molar-refractivity contribution >= 4 is 28.1 Å². The van der Waals surface area contributed by atoms with E-state index >= 15 is 0 Å². The number of benzene rings is 3. The Hall–Kier alpha value is -2.19. The highest BCUT2D eigenvalue weighted by Crippen LogP contribution is 2.26. The first-order valence-corrected chi connectivity index (χ1v) is 7.20. The van der Waals surface area contributed by atoms with Gasteiger partial charge in [-0.15, -0.1) is 0 Å². The second-order valence-corrected chi connectivity index (χ2v) is 5.27. The Balaban J connectivity index is 1.89. The van der Waals surface area contributed by atoms with Crippen molar-refractivity contribution in [1.82, 2.24) is 0 Å². The van der Waals surface area contributed by atoms with E-state index in [1.807, 2.05) is 30.3 Å². The fourth-order valence-electron chi connectivity index (χ4n) is 2.46. The highest BCUT2D eigenvalue weighted by atomic mass is 35.5. The van der Waals surface area contributed by atoms with Crippen molar-refractivity contribution in [2.24, 2.45) is 0 Å². The van der Waals surface area contributed by atoms with E-state index in [1.165, 1.54) is 10.8 Å². The van der Waals surface area contributed by atoms with E-state index in [9.17, 15) is 0 Å². The maximum absolute atomic E-state index is 6.07. The lowest BCUT2D eigenvalue weighted by Crippen LogP contribution is -2.02. The van der Waals surface area contributed by atoms with Gasteiger partial charge in [0, 0.05) is 28.2 Å². The van der Waals surface area contributed by atoms with Gasteiger partial charge in [0.25, 0.3) is 0 Å². The minimum absolute atomic E-state index is 0.664. The molecule has 3 rings (SSSR count). The van der Waals surface area contributed by atoms with E-state index in [1.54, 1.807) is 7.11 Å². The molecule has 0 saturated carbocycles. The standard InChI is InChI=1S/C18H16ClNO/c1-21-18-10-9-15(19)11-14(18)12-20-17-8-4-6-13-5-2-3-7-16(13)17/h2-11,20H,12H2,1H3. The third-order valence-corrected chi connectivity index (χ3v) is 3.74. The zero-order chi connectivity index (χ0) is 14.7. The predicted octanol–water partition coefficient (Wildman–Crippen LogP) is 5.11. The normalized spacial score (nSPS) is 10.6. The molecule has 0 bridgehead atoms. The third-order valence-electron chi connectivity index (χ3n) is 3.50. The average molecular weight is 298 g/mol. The molecule has 0 radical (unpaired) electrons. The van der Waals surface area contributed by atoms with Gasteiger partial charge in [0.1, 0.15) is 5.75 Å². The molecular weight excluding hydrogens is 282 g/mol. The Morgan fingerprint density at radius 2 is 1.81 bits per heavy atom. The highest BCUT2D eigenvalue weighted by molar-refractivity contribution is 6.30. The van der Waals surface area contributed by atoms with Crippen molar-refractivity contribution in [1.29, 1.82) is 0 Å². The zero-order valence-corrected chi connectivity index (χ0v) is 12.5. The summed E-state index contributed by atoms with van der Waals surface area (Å²) in [6, 6.07) is 20.2. The molecule has 3 heteroatoms. The second kappa shape index (κ2) is 6.06. The van der Waals surface area contributed by atoms with Crippen LogP contribution < -0.4 is 10.1 Å². The van der Waals surface area contributed by atoms with Crippen LogP contribution >= 0.6 is 11.6 Å². The van der Waals surface area contributed by atoms with Gasteiger partial charge in [-0.1, -0.05) is 48.0 Å². The molecule has 0 heterocycles. The number of halogens is 1.